The van der Waals surface area contributed by atoms with E-state index in [4.69, 9.17) is 9.98 Å². The van der Waals surface area contributed by atoms with E-state index in [1.807, 2.05) is 18.2 Å². The molecule has 8 rings (SSSR count). The van der Waals surface area contributed by atoms with E-state index in [0.717, 1.165) is 50.4 Å². The minimum absolute atomic E-state index is 0.155. The van der Waals surface area contributed by atoms with Crippen LogP contribution in [0.1, 0.15) is 22.7 Å². The molecule has 1 unspecified atom stereocenters. The standard InChI is InChI=1S/C41H29N3/c1-5-13-28(14-6-1)35-26-37(30-15-7-2-8-16-30)42-36-24-23-29-21-22-33(25-34(29)40(35)36)39-27-38(31-17-9-3-10-18-31)43-41(44-39)32-19-11-4-12-20-32/h1-27,39H,(H,43,44). The Labute approximate surface area is 256 Å². The second-order valence-electron chi connectivity index (χ2n) is 11.1. The summed E-state index contributed by atoms with van der Waals surface area (Å²) in [5.74, 6) is 0.870. The summed E-state index contributed by atoms with van der Waals surface area (Å²) < 4.78 is 0. The maximum absolute atomic E-state index is 5.23. The van der Waals surface area contributed by atoms with E-state index >= 15 is 0 Å². The number of nitrogens with zero attached hydrogens (tertiary/aromatic N) is 2. The highest BCUT2D eigenvalue weighted by atomic mass is 15.0. The van der Waals surface area contributed by atoms with Crippen molar-refractivity contribution in [3.05, 3.63) is 180 Å². The number of rotatable bonds is 5. The van der Waals surface area contributed by atoms with Crippen molar-refractivity contribution in [2.75, 3.05) is 0 Å². The summed E-state index contributed by atoms with van der Waals surface area (Å²) >= 11 is 0. The Hall–Kier alpha value is -5.80. The Morgan fingerprint density at radius 3 is 1.80 bits per heavy atom. The van der Waals surface area contributed by atoms with Crippen LogP contribution < -0.4 is 5.32 Å². The second kappa shape index (κ2) is 11.1. The number of hydrogen-bond donors (Lipinski definition) is 1. The van der Waals surface area contributed by atoms with E-state index < -0.39 is 0 Å². The van der Waals surface area contributed by atoms with E-state index in [1.54, 1.807) is 0 Å². The lowest BCUT2D eigenvalue weighted by Gasteiger charge is -2.23. The third kappa shape index (κ3) is 4.85. The van der Waals surface area contributed by atoms with Gasteiger partial charge in [0.15, 0.2) is 0 Å². The molecule has 1 aliphatic heterocycles. The average molecular weight is 564 g/mol. The normalized spacial score (nSPS) is 14.6. The van der Waals surface area contributed by atoms with Crippen LogP contribution in [0.25, 0.3) is 49.8 Å². The summed E-state index contributed by atoms with van der Waals surface area (Å²) in [5, 5.41) is 7.12. The van der Waals surface area contributed by atoms with Crippen molar-refractivity contribution in [1.29, 1.82) is 0 Å². The summed E-state index contributed by atoms with van der Waals surface area (Å²) in [6, 6.07) is 55.1. The fourth-order valence-corrected chi connectivity index (χ4v) is 6.09. The first kappa shape index (κ1) is 25.9. The summed E-state index contributed by atoms with van der Waals surface area (Å²) in [6.07, 6.45) is 2.23. The van der Waals surface area contributed by atoms with E-state index in [1.165, 1.54) is 21.9 Å². The van der Waals surface area contributed by atoms with Crippen LogP contribution >= 0.6 is 0 Å². The summed E-state index contributed by atoms with van der Waals surface area (Å²) in [6.45, 7) is 0. The first-order chi connectivity index (χ1) is 21.8. The zero-order chi connectivity index (χ0) is 29.3. The third-order valence-corrected chi connectivity index (χ3v) is 8.29. The predicted octanol–water partition coefficient (Wildman–Crippen LogP) is 9.85. The van der Waals surface area contributed by atoms with Gasteiger partial charge in [-0.1, -0.05) is 140 Å². The zero-order valence-corrected chi connectivity index (χ0v) is 24.1. The molecule has 0 amide bonds. The molecule has 0 saturated carbocycles. The molecule has 0 bridgehead atoms. The molecule has 2 heterocycles. The number of hydrogen-bond acceptors (Lipinski definition) is 3. The summed E-state index contributed by atoms with van der Waals surface area (Å²) in [4.78, 5) is 10.4. The van der Waals surface area contributed by atoms with Crippen LogP contribution in [0.4, 0.5) is 0 Å². The van der Waals surface area contributed by atoms with Crippen molar-refractivity contribution in [3.63, 3.8) is 0 Å². The molecule has 0 spiro atoms. The van der Waals surface area contributed by atoms with Gasteiger partial charge in [-0.15, -0.1) is 0 Å². The maximum atomic E-state index is 5.23. The van der Waals surface area contributed by atoms with Crippen LogP contribution in [0, 0.1) is 0 Å². The number of amidine groups is 1. The number of nitrogens with one attached hydrogen (secondary N) is 1. The van der Waals surface area contributed by atoms with Crippen molar-refractivity contribution in [3.8, 4) is 22.4 Å². The maximum Gasteiger partial charge on any atom is 0.133 e. The van der Waals surface area contributed by atoms with E-state index in [2.05, 4.69) is 151 Å². The monoisotopic (exact) mass is 563 g/mol. The predicted molar refractivity (Wildman–Crippen MR) is 183 cm³/mol. The number of aliphatic imine (C=N–C) groups is 1. The number of aromatic nitrogens is 1. The van der Waals surface area contributed by atoms with Crippen LogP contribution in [-0.2, 0) is 0 Å². The van der Waals surface area contributed by atoms with E-state index in [9.17, 15) is 0 Å². The Balaban J connectivity index is 1.34. The van der Waals surface area contributed by atoms with Crippen LogP contribution in [-0.4, -0.2) is 10.8 Å². The van der Waals surface area contributed by atoms with Crippen molar-refractivity contribution in [2.45, 2.75) is 6.04 Å². The molecular formula is C41H29N3. The minimum atomic E-state index is -0.155. The fourth-order valence-electron chi connectivity index (χ4n) is 6.09. The molecule has 1 aliphatic rings. The lowest BCUT2D eigenvalue weighted by atomic mass is 9.92. The van der Waals surface area contributed by atoms with Gasteiger partial charge < -0.3 is 5.32 Å². The van der Waals surface area contributed by atoms with Gasteiger partial charge in [-0.05, 0) is 57.3 Å². The summed E-state index contributed by atoms with van der Waals surface area (Å²) in [5.41, 5.74) is 9.81. The lowest BCUT2D eigenvalue weighted by molar-refractivity contribution is 0.882. The highest BCUT2D eigenvalue weighted by molar-refractivity contribution is 6.14. The molecule has 208 valence electrons. The zero-order valence-electron chi connectivity index (χ0n) is 24.1. The van der Waals surface area contributed by atoms with Gasteiger partial charge in [0.2, 0.25) is 0 Å². The molecule has 44 heavy (non-hydrogen) atoms. The van der Waals surface area contributed by atoms with Gasteiger partial charge in [-0.25, -0.2) is 4.98 Å². The molecule has 0 fully saturated rings. The van der Waals surface area contributed by atoms with Crippen molar-refractivity contribution in [2.24, 2.45) is 4.99 Å². The minimum Gasteiger partial charge on any atom is -0.340 e. The van der Waals surface area contributed by atoms with Crippen molar-refractivity contribution >= 4 is 33.2 Å². The van der Waals surface area contributed by atoms with Gasteiger partial charge in [-0.2, -0.15) is 0 Å². The topological polar surface area (TPSA) is 37.3 Å². The van der Waals surface area contributed by atoms with Gasteiger partial charge in [0.1, 0.15) is 5.84 Å². The molecule has 6 aromatic carbocycles. The molecule has 1 aromatic heterocycles. The van der Waals surface area contributed by atoms with Crippen LogP contribution in [0.2, 0.25) is 0 Å². The van der Waals surface area contributed by atoms with Gasteiger partial charge >= 0.3 is 0 Å². The molecule has 0 saturated heterocycles. The molecule has 7 aromatic rings. The van der Waals surface area contributed by atoms with E-state index in [0.29, 0.717) is 0 Å². The molecule has 0 aliphatic carbocycles. The van der Waals surface area contributed by atoms with Gasteiger partial charge in [0, 0.05) is 22.2 Å². The molecule has 1 atom stereocenters. The SMILES string of the molecule is C1=C(c2ccccc2)NC(c2ccccc2)=NC1c1ccc2ccc3nc(-c4ccccc4)cc(-c4ccccc4)c3c2c1. The number of pyridine rings is 1. The Bertz CT molecular complexity index is 2110. The van der Waals surface area contributed by atoms with Crippen molar-refractivity contribution < 1.29 is 0 Å². The highest BCUT2D eigenvalue weighted by Crippen LogP contribution is 2.38. The molecular weight excluding hydrogens is 534 g/mol. The first-order valence-electron chi connectivity index (χ1n) is 15.0. The van der Waals surface area contributed by atoms with Crippen LogP contribution in [0.5, 0.6) is 0 Å². The first-order valence-corrected chi connectivity index (χ1v) is 15.0. The Kier molecular flexibility index (Phi) is 6.54. The number of benzene rings is 6. The lowest BCUT2D eigenvalue weighted by Crippen LogP contribution is -2.27. The summed E-state index contributed by atoms with van der Waals surface area (Å²) in [7, 11) is 0. The smallest absolute Gasteiger partial charge is 0.133 e. The molecule has 3 heteroatoms. The number of fused-ring (bicyclic) bond motifs is 3. The van der Waals surface area contributed by atoms with Crippen LogP contribution in [0.15, 0.2) is 169 Å². The molecule has 1 N–H and O–H groups in total. The van der Waals surface area contributed by atoms with Gasteiger partial charge in [-0.3, -0.25) is 4.99 Å². The molecule has 0 radical (unpaired) electrons. The van der Waals surface area contributed by atoms with Crippen molar-refractivity contribution in [1.82, 2.24) is 10.3 Å². The highest BCUT2D eigenvalue weighted by Gasteiger charge is 2.20. The van der Waals surface area contributed by atoms with E-state index in [-0.39, 0.29) is 6.04 Å². The Morgan fingerprint density at radius 1 is 0.523 bits per heavy atom. The second-order valence-corrected chi connectivity index (χ2v) is 11.1. The third-order valence-electron chi connectivity index (χ3n) is 8.29. The largest absolute Gasteiger partial charge is 0.340 e. The Morgan fingerprint density at radius 2 is 1.11 bits per heavy atom. The average Bonchev–Trinajstić information content (AvgIpc) is 3.12. The fraction of sp³-hybridized carbons (Fsp3) is 0.0244. The molecule has 3 nitrogen and oxygen atoms in total. The van der Waals surface area contributed by atoms with Crippen LogP contribution in [0.3, 0.4) is 0 Å². The quantitative estimate of drug-likeness (QED) is 0.212. The van der Waals surface area contributed by atoms with Gasteiger partial charge in [0.25, 0.3) is 0 Å². The van der Waals surface area contributed by atoms with Gasteiger partial charge in [0.05, 0.1) is 17.3 Å².